The van der Waals surface area contributed by atoms with Crippen molar-refractivity contribution in [1.82, 2.24) is 4.90 Å². The topological polar surface area (TPSA) is 93.9 Å². The van der Waals surface area contributed by atoms with Crippen molar-refractivity contribution in [2.45, 2.75) is 50.5 Å². The van der Waals surface area contributed by atoms with Crippen LogP contribution in [-0.2, 0) is 14.9 Å². The lowest BCUT2D eigenvalue weighted by Gasteiger charge is -2.48. The van der Waals surface area contributed by atoms with Gasteiger partial charge in [0.2, 0.25) is 0 Å². The SMILES string of the molecule is CC(=O)O[C@@H]1CCC[C@H]1C(C#N)(c1ccccc1)C1CCN(CC2CN(c3ccc(C(=O)O)cc3)C2)CC1. The van der Waals surface area contributed by atoms with Crippen LogP contribution in [0.15, 0.2) is 54.6 Å². The van der Waals surface area contributed by atoms with Crippen molar-refractivity contribution in [2.24, 2.45) is 17.8 Å². The number of carbonyl (C=O) groups excluding carboxylic acids is 1. The van der Waals surface area contributed by atoms with Crippen LogP contribution in [0.1, 0.15) is 54.9 Å². The number of esters is 1. The Morgan fingerprint density at radius 1 is 1.03 bits per heavy atom. The normalized spacial score (nSPS) is 24.3. The van der Waals surface area contributed by atoms with Gasteiger partial charge in [-0.15, -0.1) is 0 Å². The highest BCUT2D eigenvalue weighted by atomic mass is 16.5. The fourth-order valence-electron chi connectivity index (χ4n) is 7.15. The van der Waals surface area contributed by atoms with Crippen molar-refractivity contribution >= 4 is 17.6 Å². The maximum absolute atomic E-state index is 11.9. The van der Waals surface area contributed by atoms with Gasteiger partial charge in [0, 0.05) is 44.1 Å². The quantitative estimate of drug-likeness (QED) is 0.508. The lowest BCUT2D eigenvalue weighted by Crippen LogP contribution is -2.54. The van der Waals surface area contributed by atoms with E-state index >= 15 is 0 Å². The molecule has 2 aliphatic heterocycles. The number of piperidine rings is 1. The number of benzene rings is 2. The van der Waals surface area contributed by atoms with Gasteiger partial charge in [0.1, 0.15) is 6.10 Å². The second-order valence-corrected chi connectivity index (χ2v) is 11.2. The number of hydrogen-bond donors (Lipinski definition) is 1. The summed E-state index contributed by atoms with van der Waals surface area (Å²) >= 11 is 0. The van der Waals surface area contributed by atoms with Crippen molar-refractivity contribution in [2.75, 3.05) is 37.6 Å². The van der Waals surface area contributed by atoms with E-state index in [1.165, 1.54) is 6.92 Å². The predicted molar refractivity (Wildman–Crippen MR) is 145 cm³/mol. The van der Waals surface area contributed by atoms with E-state index in [4.69, 9.17) is 9.84 Å². The van der Waals surface area contributed by atoms with Crippen LogP contribution in [0.2, 0.25) is 0 Å². The summed E-state index contributed by atoms with van der Waals surface area (Å²) in [5.41, 5.74) is 1.80. The highest BCUT2D eigenvalue weighted by molar-refractivity contribution is 5.88. The first-order valence-corrected chi connectivity index (χ1v) is 13.9. The van der Waals surface area contributed by atoms with Gasteiger partial charge in [0.05, 0.1) is 17.0 Å². The number of carbonyl (C=O) groups is 2. The molecule has 2 heterocycles. The summed E-state index contributed by atoms with van der Waals surface area (Å²) in [4.78, 5) is 27.8. The molecule has 1 aliphatic carbocycles. The highest BCUT2D eigenvalue weighted by Gasteiger charge is 2.53. The van der Waals surface area contributed by atoms with Crippen LogP contribution in [-0.4, -0.2) is 60.8 Å². The van der Waals surface area contributed by atoms with Gasteiger partial charge in [-0.1, -0.05) is 30.3 Å². The Hall–Kier alpha value is -3.37. The second-order valence-electron chi connectivity index (χ2n) is 11.2. The van der Waals surface area contributed by atoms with E-state index in [-0.39, 0.29) is 23.9 Å². The van der Waals surface area contributed by atoms with Gasteiger partial charge in [0.25, 0.3) is 0 Å². The summed E-state index contributed by atoms with van der Waals surface area (Å²) < 4.78 is 5.77. The van der Waals surface area contributed by atoms with Crippen LogP contribution in [0.4, 0.5) is 5.69 Å². The molecule has 0 aromatic heterocycles. The maximum Gasteiger partial charge on any atom is 0.335 e. The monoisotopic (exact) mass is 515 g/mol. The van der Waals surface area contributed by atoms with Crippen molar-refractivity contribution in [3.8, 4) is 6.07 Å². The molecular formula is C31H37N3O4. The van der Waals surface area contributed by atoms with Crippen LogP contribution >= 0.6 is 0 Å². The van der Waals surface area contributed by atoms with E-state index in [1.54, 1.807) is 12.1 Å². The largest absolute Gasteiger partial charge is 0.478 e. The molecule has 7 nitrogen and oxygen atoms in total. The van der Waals surface area contributed by atoms with Gasteiger partial charge in [-0.25, -0.2) is 4.79 Å². The standard InChI is InChI=1S/C31H37N3O4/c1-22(35)38-29-9-5-8-28(29)31(21-32,25-6-3-2-4-7-25)26-14-16-33(17-15-26)18-23-19-34(20-23)27-12-10-24(11-13-27)30(36)37/h2-4,6-7,10-13,23,26,28-29H,5,8-9,14-20H2,1H3,(H,36,37)/t28-,29-,31?/m1/s1. The Bertz CT molecular complexity index is 1160. The van der Waals surface area contributed by atoms with Gasteiger partial charge in [-0.2, -0.15) is 5.26 Å². The number of ether oxygens (including phenoxy) is 1. The first kappa shape index (κ1) is 26.2. The highest BCUT2D eigenvalue weighted by Crippen LogP contribution is 2.51. The van der Waals surface area contributed by atoms with E-state index < -0.39 is 11.4 Å². The minimum absolute atomic E-state index is 0.0167. The number of likely N-dealkylation sites (tertiary alicyclic amines) is 1. The first-order chi connectivity index (χ1) is 18.4. The molecule has 0 amide bonds. The van der Waals surface area contributed by atoms with Crippen molar-refractivity contribution in [1.29, 1.82) is 5.26 Å². The average molecular weight is 516 g/mol. The molecule has 0 bridgehead atoms. The summed E-state index contributed by atoms with van der Waals surface area (Å²) in [6.45, 7) is 6.40. The number of anilines is 1. The predicted octanol–water partition coefficient (Wildman–Crippen LogP) is 4.73. The Labute approximate surface area is 225 Å². The molecule has 1 N–H and O–H groups in total. The Balaban J connectivity index is 1.22. The van der Waals surface area contributed by atoms with Gasteiger partial charge < -0.3 is 19.6 Å². The number of nitriles is 1. The molecule has 2 aromatic carbocycles. The van der Waals surface area contributed by atoms with E-state index in [0.717, 1.165) is 76.1 Å². The molecule has 200 valence electrons. The van der Waals surface area contributed by atoms with Crippen molar-refractivity contribution in [3.63, 3.8) is 0 Å². The Morgan fingerprint density at radius 2 is 1.71 bits per heavy atom. The molecule has 0 spiro atoms. The maximum atomic E-state index is 11.9. The van der Waals surface area contributed by atoms with E-state index in [9.17, 15) is 14.9 Å². The number of aromatic carboxylic acids is 1. The molecule has 2 aromatic rings. The van der Waals surface area contributed by atoms with E-state index in [1.807, 2.05) is 30.3 Å². The molecule has 0 radical (unpaired) electrons. The van der Waals surface area contributed by atoms with Crippen LogP contribution in [0, 0.1) is 29.1 Å². The van der Waals surface area contributed by atoms with Crippen molar-refractivity contribution < 1.29 is 19.4 Å². The van der Waals surface area contributed by atoms with Gasteiger partial charge >= 0.3 is 11.9 Å². The molecule has 3 fully saturated rings. The minimum Gasteiger partial charge on any atom is -0.478 e. The lowest BCUT2D eigenvalue weighted by atomic mass is 9.59. The van der Waals surface area contributed by atoms with Crippen LogP contribution < -0.4 is 4.90 Å². The molecule has 2 saturated heterocycles. The number of nitrogens with zero attached hydrogens (tertiary/aromatic N) is 3. The second kappa shape index (κ2) is 11.2. The molecule has 3 aliphatic rings. The fourth-order valence-corrected chi connectivity index (χ4v) is 7.15. The molecular weight excluding hydrogens is 478 g/mol. The smallest absolute Gasteiger partial charge is 0.335 e. The molecule has 3 atom stereocenters. The Kier molecular flexibility index (Phi) is 7.71. The zero-order chi connectivity index (χ0) is 26.7. The molecule has 1 saturated carbocycles. The number of carboxylic acids is 1. The fraction of sp³-hybridized carbons (Fsp3) is 0.516. The molecule has 5 rings (SSSR count). The van der Waals surface area contributed by atoms with E-state index in [2.05, 4.69) is 28.0 Å². The van der Waals surface area contributed by atoms with Crippen LogP contribution in [0.5, 0.6) is 0 Å². The average Bonchev–Trinajstić information content (AvgIpc) is 3.36. The Morgan fingerprint density at radius 3 is 2.32 bits per heavy atom. The summed E-state index contributed by atoms with van der Waals surface area (Å²) in [7, 11) is 0. The minimum atomic E-state index is -0.899. The van der Waals surface area contributed by atoms with Gasteiger partial charge in [0.15, 0.2) is 0 Å². The zero-order valence-electron chi connectivity index (χ0n) is 22.1. The number of rotatable bonds is 8. The van der Waals surface area contributed by atoms with Crippen molar-refractivity contribution in [3.05, 3.63) is 65.7 Å². The lowest BCUT2D eigenvalue weighted by molar-refractivity contribution is -0.149. The third kappa shape index (κ3) is 5.15. The molecule has 1 unspecified atom stereocenters. The van der Waals surface area contributed by atoms with Crippen LogP contribution in [0.25, 0.3) is 0 Å². The van der Waals surface area contributed by atoms with E-state index in [0.29, 0.717) is 11.5 Å². The number of carboxylic acid groups (broad SMARTS) is 1. The third-order valence-corrected chi connectivity index (χ3v) is 8.98. The molecule has 7 heteroatoms. The summed E-state index contributed by atoms with van der Waals surface area (Å²) in [6, 6.07) is 20.1. The summed E-state index contributed by atoms with van der Waals surface area (Å²) in [5, 5.41) is 19.9. The summed E-state index contributed by atoms with van der Waals surface area (Å²) in [5.74, 6) is -0.335. The summed E-state index contributed by atoms with van der Waals surface area (Å²) in [6.07, 6.45) is 4.44. The number of hydrogen-bond acceptors (Lipinski definition) is 6. The zero-order valence-corrected chi connectivity index (χ0v) is 22.1. The first-order valence-electron chi connectivity index (χ1n) is 13.9. The molecule has 38 heavy (non-hydrogen) atoms. The third-order valence-electron chi connectivity index (χ3n) is 8.98. The van der Waals surface area contributed by atoms with Crippen LogP contribution in [0.3, 0.4) is 0 Å². The van der Waals surface area contributed by atoms with Gasteiger partial charge in [-0.3, -0.25) is 4.79 Å². The van der Waals surface area contributed by atoms with Gasteiger partial charge in [-0.05, 0) is 80.9 Å².